The fourth-order valence-electron chi connectivity index (χ4n) is 1.70. The normalized spacial score (nSPS) is 11.1. The molecule has 0 atom stereocenters. The maximum absolute atomic E-state index is 12.4. The molecule has 2 rings (SSSR count). The van der Waals surface area contributed by atoms with E-state index in [4.69, 9.17) is 0 Å². The molecule has 0 amide bonds. The number of anilines is 2. The lowest BCUT2D eigenvalue weighted by Crippen LogP contribution is -2.18. The SMILES string of the molecule is CCNc1cccnc1S(=O)(=O)Nc1ncccc1C. The van der Waals surface area contributed by atoms with Gasteiger partial charge in [-0.2, -0.15) is 8.42 Å². The summed E-state index contributed by atoms with van der Waals surface area (Å²) < 4.78 is 27.3. The molecule has 2 N–H and O–H groups in total. The number of hydrogen-bond acceptors (Lipinski definition) is 5. The van der Waals surface area contributed by atoms with Crippen LogP contribution in [0.5, 0.6) is 0 Å². The summed E-state index contributed by atoms with van der Waals surface area (Å²) in [4.78, 5) is 7.98. The van der Waals surface area contributed by atoms with E-state index in [2.05, 4.69) is 20.0 Å². The lowest BCUT2D eigenvalue weighted by molar-refractivity contribution is 0.597. The van der Waals surface area contributed by atoms with Crippen molar-refractivity contribution in [1.29, 1.82) is 0 Å². The molecule has 0 aromatic carbocycles. The van der Waals surface area contributed by atoms with E-state index in [0.717, 1.165) is 5.56 Å². The summed E-state index contributed by atoms with van der Waals surface area (Å²) in [5, 5.41) is 2.95. The molecule has 0 radical (unpaired) electrons. The second kappa shape index (κ2) is 5.87. The Morgan fingerprint density at radius 3 is 2.55 bits per heavy atom. The van der Waals surface area contributed by atoms with Crippen LogP contribution in [0.2, 0.25) is 0 Å². The number of pyridine rings is 2. The molecule has 6 nitrogen and oxygen atoms in total. The zero-order valence-electron chi connectivity index (χ0n) is 11.3. The Morgan fingerprint density at radius 2 is 1.85 bits per heavy atom. The van der Waals surface area contributed by atoms with Gasteiger partial charge >= 0.3 is 0 Å². The van der Waals surface area contributed by atoms with Gasteiger partial charge in [0.25, 0.3) is 10.0 Å². The molecular formula is C13H16N4O2S. The summed E-state index contributed by atoms with van der Waals surface area (Å²) in [6.45, 7) is 4.28. The van der Waals surface area contributed by atoms with Crippen LogP contribution in [0.1, 0.15) is 12.5 Å². The summed E-state index contributed by atoms with van der Waals surface area (Å²) in [5.74, 6) is 0.306. The van der Waals surface area contributed by atoms with Crippen molar-refractivity contribution < 1.29 is 8.42 Å². The lowest BCUT2D eigenvalue weighted by atomic mass is 10.3. The van der Waals surface area contributed by atoms with Crippen LogP contribution < -0.4 is 10.0 Å². The van der Waals surface area contributed by atoms with E-state index in [1.54, 1.807) is 31.2 Å². The molecule has 0 unspecified atom stereocenters. The van der Waals surface area contributed by atoms with Gasteiger partial charge in [0.15, 0.2) is 5.03 Å². The van der Waals surface area contributed by atoms with Crippen molar-refractivity contribution in [3.8, 4) is 0 Å². The zero-order valence-corrected chi connectivity index (χ0v) is 12.1. The first-order valence-corrected chi connectivity index (χ1v) is 7.66. The molecule has 2 aromatic rings. The fourth-order valence-corrected chi connectivity index (χ4v) is 2.89. The van der Waals surface area contributed by atoms with Crippen LogP contribution in [-0.4, -0.2) is 24.9 Å². The highest BCUT2D eigenvalue weighted by molar-refractivity contribution is 7.92. The van der Waals surface area contributed by atoms with Crippen LogP contribution >= 0.6 is 0 Å². The summed E-state index contributed by atoms with van der Waals surface area (Å²) in [6.07, 6.45) is 2.98. The average molecular weight is 292 g/mol. The van der Waals surface area contributed by atoms with Crippen molar-refractivity contribution in [2.45, 2.75) is 18.9 Å². The molecular weight excluding hydrogens is 276 g/mol. The topological polar surface area (TPSA) is 84.0 Å². The molecule has 2 aromatic heterocycles. The number of rotatable bonds is 5. The monoisotopic (exact) mass is 292 g/mol. The number of aromatic nitrogens is 2. The number of sulfonamides is 1. The standard InChI is InChI=1S/C13H16N4O2S/c1-3-14-11-7-5-9-16-13(11)20(18,19)17-12-10(2)6-4-8-15-12/h4-9,14H,3H2,1-2H3,(H,15,17). The van der Waals surface area contributed by atoms with Crippen LogP contribution in [0.25, 0.3) is 0 Å². The Balaban J connectivity index is 2.39. The Labute approximate surface area is 118 Å². The van der Waals surface area contributed by atoms with Gasteiger partial charge in [0.05, 0.1) is 5.69 Å². The zero-order chi connectivity index (χ0) is 14.6. The van der Waals surface area contributed by atoms with Crippen LogP contribution in [0.15, 0.2) is 41.7 Å². The Morgan fingerprint density at radius 1 is 1.15 bits per heavy atom. The molecule has 2 heterocycles. The third kappa shape index (κ3) is 3.05. The average Bonchev–Trinajstić information content (AvgIpc) is 2.42. The maximum Gasteiger partial charge on any atom is 0.282 e. The predicted octanol–water partition coefficient (Wildman–Crippen LogP) is 2.02. The highest BCUT2D eigenvalue weighted by atomic mass is 32.2. The fraction of sp³-hybridized carbons (Fsp3) is 0.231. The number of nitrogens with zero attached hydrogens (tertiary/aromatic N) is 2. The van der Waals surface area contributed by atoms with Crippen LogP contribution in [0, 0.1) is 6.92 Å². The van der Waals surface area contributed by atoms with Gasteiger partial charge in [-0.1, -0.05) is 6.07 Å². The van der Waals surface area contributed by atoms with E-state index < -0.39 is 10.0 Å². The first kappa shape index (κ1) is 14.3. The Hall–Kier alpha value is -2.15. The summed E-state index contributed by atoms with van der Waals surface area (Å²) in [6, 6.07) is 6.89. The van der Waals surface area contributed by atoms with Gasteiger partial charge in [-0.15, -0.1) is 0 Å². The molecule has 7 heteroatoms. The van der Waals surface area contributed by atoms with Gasteiger partial charge in [-0.05, 0) is 37.6 Å². The minimum atomic E-state index is -3.77. The smallest absolute Gasteiger partial charge is 0.282 e. The second-order valence-electron chi connectivity index (χ2n) is 4.16. The lowest BCUT2D eigenvalue weighted by Gasteiger charge is -2.12. The third-order valence-electron chi connectivity index (χ3n) is 2.63. The molecule has 0 aliphatic rings. The molecule has 0 aliphatic carbocycles. The van der Waals surface area contributed by atoms with E-state index in [1.165, 1.54) is 12.4 Å². The summed E-state index contributed by atoms with van der Waals surface area (Å²) >= 11 is 0. The van der Waals surface area contributed by atoms with Crippen molar-refractivity contribution in [2.24, 2.45) is 0 Å². The molecule has 106 valence electrons. The number of hydrogen-bond donors (Lipinski definition) is 2. The van der Waals surface area contributed by atoms with E-state index in [-0.39, 0.29) is 5.03 Å². The van der Waals surface area contributed by atoms with Crippen molar-refractivity contribution in [3.05, 3.63) is 42.2 Å². The number of nitrogens with one attached hydrogen (secondary N) is 2. The van der Waals surface area contributed by atoms with Crippen molar-refractivity contribution in [1.82, 2.24) is 9.97 Å². The second-order valence-corrected chi connectivity index (χ2v) is 5.76. The van der Waals surface area contributed by atoms with Gasteiger partial charge in [0, 0.05) is 18.9 Å². The van der Waals surface area contributed by atoms with Gasteiger partial charge in [-0.3, -0.25) is 4.72 Å². The molecule has 0 fully saturated rings. The molecule has 0 saturated carbocycles. The molecule has 0 saturated heterocycles. The predicted molar refractivity (Wildman–Crippen MR) is 78.2 cm³/mol. The van der Waals surface area contributed by atoms with E-state index in [0.29, 0.717) is 18.1 Å². The first-order valence-electron chi connectivity index (χ1n) is 6.18. The van der Waals surface area contributed by atoms with Crippen molar-refractivity contribution in [2.75, 3.05) is 16.6 Å². The summed E-state index contributed by atoms with van der Waals surface area (Å²) in [7, 11) is -3.77. The molecule has 0 spiro atoms. The van der Waals surface area contributed by atoms with Crippen LogP contribution in [0.3, 0.4) is 0 Å². The highest BCUT2D eigenvalue weighted by Gasteiger charge is 2.21. The van der Waals surface area contributed by atoms with Gasteiger partial charge < -0.3 is 5.32 Å². The van der Waals surface area contributed by atoms with Crippen molar-refractivity contribution in [3.63, 3.8) is 0 Å². The highest BCUT2D eigenvalue weighted by Crippen LogP contribution is 2.21. The molecule has 0 aliphatic heterocycles. The third-order valence-corrected chi connectivity index (χ3v) is 3.93. The van der Waals surface area contributed by atoms with E-state index in [9.17, 15) is 8.42 Å². The van der Waals surface area contributed by atoms with Crippen molar-refractivity contribution >= 4 is 21.5 Å². The van der Waals surface area contributed by atoms with Gasteiger partial charge in [0.2, 0.25) is 0 Å². The molecule has 0 bridgehead atoms. The number of aryl methyl sites for hydroxylation is 1. The van der Waals surface area contributed by atoms with Crippen LogP contribution in [0.4, 0.5) is 11.5 Å². The largest absolute Gasteiger partial charge is 0.383 e. The quantitative estimate of drug-likeness (QED) is 0.880. The van der Waals surface area contributed by atoms with Crippen LogP contribution in [-0.2, 0) is 10.0 Å². The Kier molecular flexibility index (Phi) is 4.19. The molecule has 20 heavy (non-hydrogen) atoms. The van der Waals surface area contributed by atoms with E-state index in [1.807, 2.05) is 6.92 Å². The Bertz CT molecular complexity index is 701. The van der Waals surface area contributed by atoms with E-state index >= 15 is 0 Å². The first-order chi connectivity index (χ1) is 9.54. The minimum absolute atomic E-state index is 0.0353. The summed E-state index contributed by atoms with van der Waals surface area (Å²) in [5.41, 5.74) is 1.22. The maximum atomic E-state index is 12.4. The van der Waals surface area contributed by atoms with Gasteiger partial charge in [0.1, 0.15) is 5.82 Å². The van der Waals surface area contributed by atoms with Gasteiger partial charge in [-0.25, -0.2) is 9.97 Å². The minimum Gasteiger partial charge on any atom is -0.383 e.